The minimum absolute atomic E-state index is 0.630. The van der Waals surface area contributed by atoms with Crippen molar-refractivity contribution in [1.82, 2.24) is 14.9 Å². The first-order chi connectivity index (χ1) is 10.3. The van der Waals surface area contributed by atoms with E-state index in [1.807, 2.05) is 13.0 Å². The van der Waals surface area contributed by atoms with Gasteiger partial charge in [0.2, 0.25) is 11.8 Å². The Morgan fingerprint density at radius 2 is 2.14 bits per heavy atom. The van der Waals surface area contributed by atoms with E-state index in [1.54, 1.807) is 6.20 Å². The second-order valence-electron chi connectivity index (χ2n) is 5.31. The van der Waals surface area contributed by atoms with Crippen molar-refractivity contribution in [2.75, 3.05) is 50.8 Å². The van der Waals surface area contributed by atoms with Gasteiger partial charge in [0.1, 0.15) is 0 Å². The molecule has 0 radical (unpaired) electrons. The number of anilines is 1. The first-order valence-corrected chi connectivity index (χ1v) is 7.96. The molecule has 21 heavy (non-hydrogen) atoms. The van der Waals surface area contributed by atoms with Gasteiger partial charge in [-0.15, -0.1) is 0 Å². The summed E-state index contributed by atoms with van der Waals surface area (Å²) in [6.45, 7) is 8.71. The Morgan fingerprint density at radius 1 is 1.24 bits per heavy atom. The first kappa shape index (κ1) is 16.0. The van der Waals surface area contributed by atoms with E-state index in [0.717, 1.165) is 58.1 Å². The van der Waals surface area contributed by atoms with Crippen molar-refractivity contribution in [1.29, 1.82) is 0 Å². The van der Waals surface area contributed by atoms with Crippen LogP contribution in [-0.2, 0) is 0 Å². The van der Waals surface area contributed by atoms with Crippen LogP contribution in [0.1, 0.15) is 26.2 Å². The summed E-state index contributed by atoms with van der Waals surface area (Å²) in [5.41, 5.74) is 5.56. The number of aromatic nitrogens is 2. The van der Waals surface area contributed by atoms with Crippen LogP contribution in [0, 0.1) is 0 Å². The third-order valence-corrected chi connectivity index (χ3v) is 3.71. The maximum absolute atomic E-state index is 5.56. The predicted octanol–water partition coefficient (Wildman–Crippen LogP) is 1.13. The molecule has 0 amide bonds. The molecule has 2 rings (SSSR count). The van der Waals surface area contributed by atoms with Crippen molar-refractivity contribution in [3.05, 3.63) is 12.3 Å². The molecular weight excluding hydrogens is 266 g/mol. The van der Waals surface area contributed by atoms with E-state index in [2.05, 4.69) is 19.8 Å². The van der Waals surface area contributed by atoms with E-state index in [9.17, 15) is 0 Å². The molecule has 1 saturated heterocycles. The minimum atomic E-state index is 0.630. The molecule has 2 N–H and O–H groups in total. The van der Waals surface area contributed by atoms with Crippen LogP contribution in [0.5, 0.6) is 5.88 Å². The standard InChI is InChI=1S/C15H27N5O/c1-2-21-14-6-8-17-15(18-14)20-11-5-10-19(12-13-20)9-4-3-7-16/h6,8H,2-5,7,9-13,16H2,1H3. The molecule has 0 aliphatic carbocycles. The number of nitrogens with two attached hydrogens (primary N) is 1. The van der Waals surface area contributed by atoms with Crippen LogP contribution in [-0.4, -0.2) is 60.7 Å². The lowest BCUT2D eigenvalue weighted by atomic mass is 10.3. The molecule has 118 valence electrons. The summed E-state index contributed by atoms with van der Waals surface area (Å²) in [7, 11) is 0. The van der Waals surface area contributed by atoms with Gasteiger partial charge in [-0.2, -0.15) is 4.98 Å². The van der Waals surface area contributed by atoms with Gasteiger partial charge >= 0.3 is 0 Å². The summed E-state index contributed by atoms with van der Waals surface area (Å²) >= 11 is 0. The average Bonchev–Trinajstić information content (AvgIpc) is 2.74. The van der Waals surface area contributed by atoms with Crippen molar-refractivity contribution >= 4 is 5.95 Å². The van der Waals surface area contributed by atoms with Crippen molar-refractivity contribution in [3.63, 3.8) is 0 Å². The largest absolute Gasteiger partial charge is 0.478 e. The van der Waals surface area contributed by atoms with Crippen LogP contribution in [0.3, 0.4) is 0 Å². The van der Waals surface area contributed by atoms with Crippen LogP contribution in [0.4, 0.5) is 5.95 Å². The molecule has 1 aliphatic rings. The monoisotopic (exact) mass is 293 g/mol. The topological polar surface area (TPSA) is 67.5 Å². The number of hydrogen-bond acceptors (Lipinski definition) is 6. The quantitative estimate of drug-likeness (QED) is 0.760. The molecule has 1 aromatic heterocycles. The fraction of sp³-hybridized carbons (Fsp3) is 0.733. The summed E-state index contributed by atoms with van der Waals surface area (Å²) in [6.07, 6.45) is 5.22. The Morgan fingerprint density at radius 3 is 2.95 bits per heavy atom. The van der Waals surface area contributed by atoms with E-state index >= 15 is 0 Å². The van der Waals surface area contributed by atoms with Crippen molar-refractivity contribution in [2.24, 2.45) is 5.73 Å². The number of unbranched alkanes of at least 4 members (excludes halogenated alkanes) is 1. The maximum atomic E-state index is 5.56. The third kappa shape index (κ3) is 5.13. The zero-order chi connectivity index (χ0) is 14.9. The molecule has 6 nitrogen and oxygen atoms in total. The second kappa shape index (κ2) is 8.79. The summed E-state index contributed by atoms with van der Waals surface area (Å²) in [5.74, 6) is 1.44. The van der Waals surface area contributed by atoms with Gasteiger partial charge in [0.05, 0.1) is 6.61 Å². The highest BCUT2D eigenvalue weighted by molar-refractivity contribution is 5.32. The van der Waals surface area contributed by atoms with Crippen LogP contribution >= 0.6 is 0 Å². The number of ether oxygens (including phenoxy) is 1. The molecular formula is C15H27N5O. The van der Waals surface area contributed by atoms with Gasteiger partial charge in [0.15, 0.2) is 0 Å². The fourth-order valence-corrected chi connectivity index (χ4v) is 2.59. The van der Waals surface area contributed by atoms with Gasteiger partial charge in [0.25, 0.3) is 0 Å². The lowest BCUT2D eigenvalue weighted by Crippen LogP contribution is -2.32. The van der Waals surface area contributed by atoms with Crippen molar-refractivity contribution in [2.45, 2.75) is 26.2 Å². The molecule has 0 saturated carbocycles. The van der Waals surface area contributed by atoms with E-state index in [-0.39, 0.29) is 0 Å². The van der Waals surface area contributed by atoms with Gasteiger partial charge in [-0.3, -0.25) is 0 Å². The van der Waals surface area contributed by atoms with E-state index in [4.69, 9.17) is 10.5 Å². The minimum Gasteiger partial charge on any atom is -0.478 e. The van der Waals surface area contributed by atoms with Gasteiger partial charge in [-0.1, -0.05) is 0 Å². The average molecular weight is 293 g/mol. The number of rotatable bonds is 7. The van der Waals surface area contributed by atoms with Crippen molar-refractivity contribution < 1.29 is 4.74 Å². The predicted molar refractivity (Wildman–Crippen MR) is 84.8 cm³/mol. The molecule has 0 bridgehead atoms. The van der Waals surface area contributed by atoms with Gasteiger partial charge < -0.3 is 20.3 Å². The summed E-state index contributed by atoms with van der Waals surface area (Å²) < 4.78 is 5.46. The molecule has 2 heterocycles. The second-order valence-corrected chi connectivity index (χ2v) is 5.31. The Kier molecular flexibility index (Phi) is 6.69. The van der Waals surface area contributed by atoms with E-state index < -0.39 is 0 Å². The lowest BCUT2D eigenvalue weighted by molar-refractivity contribution is 0.287. The van der Waals surface area contributed by atoms with Crippen LogP contribution < -0.4 is 15.4 Å². The third-order valence-electron chi connectivity index (χ3n) is 3.71. The lowest BCUT2D eigenvalue weighted by Gasteiger charge is -2.22. The smallest absolute Gasteiger partial charge is 0.228 e. The van der Waals surface area contributed by atoms with Crippen LogP contribution in [0.25, 0.3) is 0 Å². The van der Waals surface area contributed by atoms with Crippen LogP contribution in [0.2, 0.25) is 0 Å². The molecule has 1 aliphatic heterocycles. The Hall–Kier alpha value is -1.40. The molecule has 0 atom stereocenters. The Balaban J connectivity index is 1.88. The molecule has 6 heteroatoms. The molecule has 1 aromatic rings. The molecule has 1 fully saturated rings. The normalized spacial score (nSPS) is 16.8. The molecule has 0 aromatic carbocycles. The number of hydrogen-bond donors (Lipinski definition) is 1. The SMILES string of the molecule is CCOc1ccnc(N2CCCN(CCCCN)CC2)n1. The Labute approximate surface area is 127 Å². The van der Waals surface area contributed by atoms with Gasteiger partial charge in [-0.05, 0) is 45.8 Å². The van der Waals surface area contributed by atoms with Gasteiger partial charge in [-0.25, -0.2) is 4.98 Å². The first-order valence-electron chi connectivity index (χ1n) is 7.96. The highest BCUT2D eigenvalue weighted by atomic mass is 16.5. The fourth-order valence-electron chi connectivity index (χ4n) is 2.59. The van der Waals surface area contributed by atoms with Gasteiger partial charge in [0, 0.05) is 31.9 Å². The van der Waals surface area contributed by atoms with Crippen LogP contribution in [0.15, 0.2) is 12.3 Å². The zero-order valence-corrected chi connectivity index (χ0v) is 13.0. The summed E-state index contributed by atoms with van der Waals surface area (Å²) in [5, 5.41) is 0. The van der Waals surface area contributed by atoms with E-state index in [1.165, 1.54) is 6.42 Å². The highest BCUT2D eigenvalue weighted by Gasteiger charge is 2.17. The highest BCUT2D eigenvalue weighted by Crippen LogP contribution is 2.15. The zero-order valence-electron chi connectivity index (χ0n) is 13.0. The Bertz CT molecular complexity index is 415. The van der Waals surface area contributed by atoms with Crippen molar-refractivity contribution in [3.8, 4) is 5.88 Å². The maximum Gasteiger partial charge on any atom is 0.228 e. The molecule has 0 spiro atoms. The number of nitrogens with zero attached hydrogens (tertiary/aromatic N) is 4. The summed E-state index contributed by atoms with van der Waals surface area (Å²) in [6, 6.07) is 1.81. The summed E-state index contributed by atoms with van der Waals surface area (Å²) in [4.78, 5) is 13.6. The molecule has 0 unspecified atom stereocenters. The van der Waals surface area contributed by atoms with E-state index in [0.29, 0.717) is 12.5 Å².